The molecule has 9 nitrogen and oxygen atoms in total. The van der Waals surface area contributed by atoms with E-state index < -0.39 is 24.0 Å². The van der Waals surface area contributed by atoms with Gasteiger partial charge in [-0.05, 0) is 41.8 Å². The van der Waals surface area contributed by atoms with Gasteiger partial charge in [-0.3, -0.25) is 14.5 Å². The van der Waals surface area contributed by atoms with Gasteiger partial charge < -0.3 is 15.0 Å². The third-order valence-electron chi connectivity index (χ3n) is 5.06. The van der Waals surface area contributed by atoms with Crippen LogP contribution in [0.15, 0.2) is 29.4 Å². The molecule has 0 aromatic heterocycles. The molecule has 1 aromatic rings. The Morgan fingerprint density at radius 1 is 1.25 bits per heavy atom. The zero-order valence-corrected chi connectivity index (χ0v) is 15.2. The summed E-state index contributed by atoms with van der Waals surface area (Å²) in [5.41, 5.74) is 0.683. The Balaban J connectivity index is 1.47. The van der Waals surface area contributed by atoms with Crippen molar-refractivity contribution in [2.24, 2.45) is 5.11 Å². The van der Waals surface area contributed by atoms with Crippen LogP contribution < -0.4 is 10.2 Å². The fourth-order valence-corrected chi connectivity index (χ4v) is 3.59. The SMILES string of the molecule is O=C(C[N+]1=NC2N(CCN2c2ccc(F)cc2)C(=O)C1=O)NCC1CCCO1. The molecule has 0 bridgehead atoms. The first-order valence-corrected chi connectivity index (χ1v) is 9.26. The quantitative estimate of drug-likeness (QED) is 0.567. The van der Waals surface area contributed by atoms with Crippen LogP contribution in [0, 0.1) is 5.82 Å². The van der Waals surface area contributed by atoms with Gasteiger partial charge in [0.25, 0.3) is 18.7 Å². The number of hydrogen-bond acceptors (Lipinski definition) is 6. The maximum absolute atomic E-state index is 13.2. The van der Waals surface area contributed by atoms with Crippen molar-refractivity contribution in [2.45, 2.75) is 25.2 Å². The lowest BCUT2D eigenvalue weighted by molar-refractivity contribution is -0.509. The first kappa shape index (κ1) is 18.5. The molecule has 28 heavy (non-hydrogen) atoms. The highest BCUT2D eigenvalue weighted by atomic mass is 19.1. The molecule has 1 aromatic carbocycles. The molecule has 148 valence electrons. The molecule has 3 aliphatic heterocycles. The highest BCUT2D eigenvalue weighted by Crippen LogP contribution is 2.27. The molecule has 3 heterocycles. The zero-order chi connectivity index (χ0) is 19.7. The number of amides is 3. The van der Waals surface area contributed by atoms with Crippen LogP contribution in [0.5, 0.6) is 0 Å². The smallest absolute Gasteiger partial charge is 0.376 e. The summed E-state index contributed by atoms with van der Waals surface area (Å²) >= 11 is 0. The number of azo groups is 2. The highest BCUT2D eigenvalue weighted by molar-refractivity contribution is 6.31. The van der Waals surface area contributed by atoms with Gasteiger partial charge in [-0.2, -0.15) is 0 Å². The second kappa shape index (κ2) is 7.63. The van der Waals surface area contributed by atoms with E-state index in [1.54, 1.807) is 17.0 Å². The number of rotatable bonds is 5. The molecule has 0 radical (unpaired) electrons. The van der Waals surface area contributed by atoms with E-state index in [-0.39, 0.29) is 18.5 Å². The number of halogens is 1. The first-order valence-electron chi connectivity index (χ1n) is 9.26. The van der Waals surface area contributed by atoms with Crippen LogP contribution >= 0.6 is 0 Å². The number of anilines is 1. The van der Waals surface area contributed by atoms with Crippen molar-refractivity contribution in [2.75, 3.05) is 37.7 Å². The van der Waals surface area contributed by atoms with Crippen molar-refractivity contribution < 1.29 is 28.2 Å². The summed E-state index contributed by atoms with van der Waals surface area (Å²) < 4.78 is 19.6. The lowest BCUT2D eigenvalue weighted by Gasteiger charge is -2.26. The van der Waals surface area contributed by atoms with E-state index in [1.165, 1.54) is 17.0 Å². The van der Waals surface area contributed by atoms with Crippen molar-refractivity contribution in [3.05, 3.63) is 30.1 Å². The molecular weight excluding hydrogens is 369 g/mol. The van der Waals surface area contributed by atoms with Crippen molar-refractivity contribution in [1.29, 1.82) is 0 Å². The van der Waals surface area contributed by atoms with Gasteiger partial charge in [0, 0.05) is 37.0 Å². The molecule has 0 spiro atoms. The number of fused-ring (bicyclic) bond motifs is 1. The molecule has 2 atom stereocenters. The third-order valence-corrected chi connectivity index (χ3v) is 5.06. The molecule has 3 aliphatic rings. The average Bonchev–Trinajstić information content (AvgIpc) is 3.35. The number of carbonyl (C=O) groups excluding carboxylic acids is 3. The van der Waals surface area contributed by atoms with Gasteiger partial charge in [0.15, 0.2) is 0 Å². The van der Waals surface area contributed by atoms with Gasteiger partial charge in [-0.1, -0.05) is 0 Å². The monoisotopic (exact) mass is 390 g/mol. The Kier molecular flexibility index (Phi) is 5.03. The van der Waals surface area contributed by atoms with Crippen LogP contribution in [0.3, 0.4) is 0 Å². The zero-order valence-electron chi connectivity index (χ0n) is 15.2. The minimum Gasteiger partial charge on any atom is -0.376 e. The van der Waals surface area contributed by atoms with Crippen LogP contribution in [-0.2, 0) is 19.1 Å². The normalized spacial score (nSPS) is 24.4. The molecule has 1 N–H and O–H groups in total. The Labute approximate surface area is 160 Å². The minimum atomic E-state index is -0.829. The van der Waals surface area contributed by atoms with E-state index in [0.717, 1.165) is 17.5 Å². The largest absolute Gasteiger partial charge is 0.502 e. The molecule has 10 heteroatoms. The lowest BCUT2D eigenvalue weighted by atomic mass is 10.2. The maximum Gasteiger partial charge on any atom is 0.502 e. The Hall–Kier alpha value is -2.88. The predicted molar refractivity (Wildman–Crippen MR) is 93.8 cm³/mol. The van der Waals surface area contributed by atoms with Crippen molar-refractivity contribution in [3.63, 3.8) is 0 Å². The number of nitrogens with one attached hydrogen (secondary N) is 1. The summed E-state index contributed by atoms with van der Waals surface area (Å²) in [7, 11) is 0. The van der Waals surface area contributed by atoms with Gasteiger partial charge in [-0.25, -0.2) is 9.18 Å². The Morgan fingerprint density at radius 3 is 2.71 bits per heavy atom. The van der Waals surface area contributed by atoms with Crippen molar-refractivity contribution in [1.82, 2.24) is 10.2 Å². The third kappa shape index (κ3) is 3.59. The van der Waals surface area contributed by atoms with E-state index in [1.807, 2.05) is 0 Å². The summed E-state index contributed by atoms with van der Waals surface area (Å²) in [6, 6.07) is 5.83. The lowest BCUT2D eigenvalue weighted by Crippen LogP contribution is -2.53. The number of hydrogen-bond donors (Lipinski definition) is 1. The van der Waals surface area contributed by atoms with Crippen LogP contribution in [-0.4, -0.2) is 72.5 Å². The second-order valence-electron chi connectivity index (χ2n) is 6.93. The van der Waals surface area contributed by atoms with E-state index >= 15 is 0 Å². The van der Waals surface area contributed by atoms with Crippen LogP contribution in [0.4, 0.5) is 10.1 Å². The second-order valence-corrected chi connectivity index (χ2v) is 6.93. The van der Waals surface area contributed by atoms with E-state index in [0.29, 0.717) is 31.9 Å². The van der Waals surface area contributed by atoms with Gasteiger partial charge >= 0.3 is 11.8 Å². The maximum atomic E-state index is 13.2. The molecular formula is C18H21FN5O4+. The predicted octanol–water partition coefficient (Wildman–Crippen LogP) is 0.0580. The molecule has 2 saturated heterocycles. The molecule has 0 aliphatic carbocycles. The summed E-state index contributed by atoms with van der Waals surface area (Å²) in [6.45, 7) is 1.50. The molecule has 2 fully saturated rings. The fraction of sp³-hybridized carbons (Fsp3) is 0.500. The molecule has 0 saturated carbocycles. The fourth-order valence-electron chi connectivity index (χ4n) is 3.59. The van der Waals surface area contributed by atoms with Crippen LogP contribution in [0.1, 0.15) is 12.8 Å². The minimum absolute atomic E-state index is 0.0149. The van der Waals surface area contributed by atoms with Gasteiger partial charge in [0.1, 0.15) is 5.82 Å². The molecule has 2 unspecified atom stereocenters. The van der Waals surface area contributed by atoms with Crippen LogP contribution in [0.25, 0.3) is 0 Å². The Morgan fingerprint density at radius 2 is 2.00 bits per heavy atom. The van der Waals surface area contributed by atoms with Crippen molar-refractivity contribution in [3.8, 4) is 0 Å². The van der Waals surface area contributed by atoms with E-state index in [9.17, 15) is 18.8 Å². The Bertz CT molecular complexity index is 822. The number of ether oxygens (including phenoxy) is 1. The average molecular weight is 390 g/mol. The first-order chi connectivity index (χ1) is 13.5. The van der Waals surface area contributed by atoms with E-state index in [4.69, 9.17) is 4.74 Å². The van der Waals surface area contributed by atoms with Gasteiger partial charge in [0.2, 0.25) is 0 Å². The number of nitrogens with zero attached hydrogens (tertiary/aromatic N) is 4. The van der Waals surface area contributed by atoms with E-state index in [2.05, 4.69) is 10.4 Å². The van der Waals surface area contributed by atoms with Gasteiger partial charge in [-0.15, -0.1) is 0 Å². The van der Waals surface area contributed by atoms with Gasteiger partial charge in [0.05, 0.1) is 6.10 Å². The molecule has 3 amide bonds. The summed E-state index contributed by atoms with van der Waals surface area (Å²) in [5, 5.41) is 7.02. The summed E-state index contributed by atoms with van der Waals surface area (Å²) in [4.78, 5) is 40.1. The highest BCUT2D eigenvalue weighted by Gasteiger charge is 2.49. The standard InChI is InChI=1S/C18H20FN5O4/c19-12-3-5-13(6-4-12)22-7-8-23-16(26)17(27)24(21-18(22)23)11-15(25)20-10-14-2-1-9-28-14/h3-6,14,18H,1-2,7-11H2/p+1. The number of benzene rings is 1. The van der Waals surface area contributed by atoms with Crippen molar-refractivity contribution >= 4 is 23.4 Å². The number of carbonyl (C=O) groups is 3. The topological polar surface area (TPSA) is 94.3 Å². The summed E-state index contributed by atoms with van der Waals surface area (Å²) in [5.74, 6) is -2.29. The molecule has 4 rings (SSSR count). The summed E-state index contributed by atoms with van der Waals surface area (Å²) in [6.07, 6.45) is 1.10. The van der Waals surface area contributed by atoms with Crippen LogP contribution in [0.2, 0.25) is 0 Å².